The molecule has 176 valence electrons. The van der Waals surface area contributed by atoms with Crippen LogP contribution in [-0.4, -0.2) is 36.7 Å². The molecule has 0 heterocycles. The van der Waals surface area contributed by atoms with Crippen LogP contribution in [0.2, 0.25) is 0 Å². The van der Waals surface area contributed by atoms with Crippen molar-refractivity contribution in [2.75, 3.05) is 20.1 Å². The maximum Gasteiger partial charge on any atom is 0.155 e. The maximum absolute atomic E-state index is 13.5. The minimum Gasteiger partial charge on any atom is -0.373 e. The molecule has 0 atom stereocenters. The lowest BCUT2D eigenvalue weighted by Crippen LogP contribution is -2.33. The Balaban J connectivity index is 2.46. The fourth-order valence-electron chi connectivity index (χ4n) is 3.68. The van der Waals surface area contributed by atoms with Crippen LogP contribution < -0.4 is 5.32 Å². The normalized spacial score (nSPS) is 11.4. The van der Waals surface area contributed by atoms with Gasteiger partial charge in [0.05, 0.1) is 5.70 Å². The van der Waals surface area contributed by atoms with Crippen LogP contribution in [0.4, 0.5) is 4.39 Å². The standard InChI is InChI=1S/C28H37FN4/c1-7-9-18-32(6)23(4)27(28(30-5)31-8-2)33(21-25-13-15-26(29)16-14-25)19-17-24-12-10-11-22(3)20-24/h8,10-16,20,31H,2,4-5,7,9,17-19,21H2,1,3,6H3/b28-27+. The molecular weight excluding hydrogens is 411 g/mol. The van der Waals surface area contributed by atoms with Crippen LogP contribution in [0.25, 0.3) is 0 Å². The first-order valence-corrected chi connectivity index (χ1v) is 11.4. The van der Waals surface area contributed by atoms with Gasteiger partial charge < -0.3 is 15.1 Å². The fourth-order valence-corrected chi connectivity index (χ4v) is 3.68. The third-order valence-corrected chi connectivity index (χ3v) is 5.56. The quantitative estimate of drug-likeness (QED) is 0.283. The second-order valence-corrected chi connectivity index (χ2v) is 8.21. The molecule has 0 aliphatic heterocycles. The molecule has 1 N–H and O–H groups in total. The van der Waals surface area contributed by atoms with E-state index in [9.17, 15) is 4.39 Å². The van der Waals surface area contributed by atoms with E-state index in [0.717, 1.165) is 49.3 Å². The van der Waals surface area contributed by atoms with Crippen LogP contribution in [0.5, 0.6) is 0 Å². The molecule has 0 unspecified atom stereocenters. The van der Waals surface area contributed by atoms with Crippen molar-refractivity contribution in [2.24, 2.45) is 4.99 Å². The lowest BCUT2D eigenvalue weighted by atomic mass is 10.1. The molecule has 4 nitrogen and oxygen atoms in total. The van der Waals surface area contributed by atoms with Crippen LogP contribution in [0.1, 0.15) is 36.5 Å². The van der Waals surface area contributed by atoms with Crippen molar-refractivity contribution in [3.05, 3.63) is 108 Å². The molecule has 2 aromatic rings. The highest BCUT2D eigenvalue weighted by molar-refractivity contribution is 5.37. The summed E-state index contributed by atoms with van der Waals surface area (Å²) in [6.07, 6.45) is 4.60. The smallest absolute Gasteiger partial charge is 0.155 e. The summed E-state index contributed by atoms with van der Waals surface area (Å²) in [6, 6.07) is 15.2. The molecule has 2 rings (SSSR count). The Morgan fingerprint density at radius 3 is 2.45 bits per heavy atom. The molecule has 0 bridgehead atoms. The monoisotopic (exact) mass is 448 g/mol. The van der Waals surface area contributed by atoms with Crippen LogP contribution in [0.15, 0.2) is 90.1 Å². The minimum absolute atomic E-state index is 0.244. The number of likely N-dealkylation sites (N-methyl/N-ethyl adjacent to an activating group) is 1. The first-order chi connectivity index (χ1) is 15.9. The van der Waals surface area contributed by atoms with E-state index in [-0.39, 0.29) is 5.82 Å². The third kappa shape index (κ3) is 7.94. The summed E-state index contributed by atoms with van der Waals surface area (Å²) < 4.78 is 13.5. The van der Waals surface area contributed by atoms with E-state index in [2.05, 4.69) is 78.1 Å². The molecule has 0 spiro atoms. The molecule has 0 aliphatic rings. The van der Waals surface area contributed by atoms with Crippen LogP contribution >= 0.6 is 0 Å². The van der Waals surface area contributed by atoms with Gasteiger partial charge in [-0.2, -0.15) is 0 Å². The molecular formula is C28H37FN4. The SMILES string of the molecule is C=CN/C(N=C)=C(\C(=C)N(C)CCCC)N(CCc1cccc(C)c1)Cc1ccc(F)cc1. The Kier molecular flexibility index (Phi) is 10.4. The van der Waals surface area contributed by atoms with Gasteiger partial charge in [-0.1, -0.05) is 68.5 Å². The molecule has 0 saturated carbocycles. The second-order valence-electron chi connectivity index (χ2n) is 8.21. The van der Waals surface area contributed by atoms with Crippen molar-refractivity contribution in [1.82, 2.24) is 15.1 Å². The van der Waals surface area contributed by atoms with Crippen molar-refractivity contribution >= 4 is 6.72 Å². The number of nitrogens with zero attached hydrogens (tertiary/aromatic N) is 3. The number of benzene rings is 2. The van der Waals surface area contributed by atoms with Gasteiger partial charge in [0, 0.05) is 26.7 Å². The Bertz CT molecular complexity index is 962. The topological polar surface area (TPSA) is 30.9 Å². The average molecular weight is 449 g/mol. The molecule has 0 aromatic heterocycles. The minimum atomic E-state index is -0.244. The number of halogens is 1. The van der Waals surface area contributed by atoms with E-state index in [1.54, 1.807) is 6.20 Å². The highest BCUT2D eigenvalue weighted by Gasteiger charge is 2.21. The summed E-state index contributed by atoms with van der Waals surface area (Å²) in [5.41, 5.74) is 5.21. The maximum atomic E-state index is 13.5. The van der Waals surface area contributed by atoms with Crippen LogP contribution in [-0.2, 0) is 13.0 Å². The van der Waals surface area contributed by atoms with E-state index >= 15 is 0 Å². The molecule has 2 aromatic carbocycles. The molecule has 0 fully saturated rings. The van der Waals surface area contributed by atoms with E-state index in [1.165, 1.54) is 23.3 Å². The number of aryl methyl sites for hydroxylation is 1. The summed E-state index contributed by atoms with van der Waals surface area (Å²) in [7, 11) is 2.04. The molecule has 0 radical (unpaired) electrons. The molecule has 0 aliphatic carbocycles. The van der Waals surface area contributed by atoms with Crippen molar-refractivity contribution in [3.8, 4) is 0 Å². The van der Waals surface area contributed by atoms with Crippen LogP contribution in [0, 0.1) is 12.7 Å². The second kappa shape index (κ2) is 13.3. The number of nitrogens with one attached hydrogen (secondary N) is 1. The number of rotatable bonds is 14. The van der Waals surface area contributed by atoms with E-state index in [1.807, 2.05) is 19.2 Å². The Morgan fingerprint density at radius 1 is 1.12 bits per heavy atom. The number of hydrogen-bond donors (Lipinski definition) is 1. The first kappa shape index (κ1) is 25.9. The third-order valence-electron chi connectivity index (χ3n) is 5.56. The fraction of sp³-hybridized carbons (Fsp3) is 0.321. The van der Waals surface area contributed by atoms with Gasteiger partial charge in [-0.05, 0) is 55.9 Å². The van der Waals surface area contributed by atoms with Gasteiger partial charge in [0.15, 0.2) is 5.82 Å². The summed E-state index contributed by atoms with van der Waals surface area (Å²) in [4.78, 5) is 8.65. The van der Waals surface area contributed by atoms with Crippen molar-refractivity contribution < 1.29 is 4.39 Å². The zero-order chi connectivity index (χ0) is 24.2. The first-order valence-electron chi connectivity index (χ1n) is 11.4. The van der Waals surface area contributed by atoms with Gasteiger partial charge in [0.25, 0.3) is 0 Å². The number of unbranched alkanes of at least 4 members (excludes halogenated alkanes) is 1. The van der Waals surface area contributed by atoms with Gasteiger partial charge in [0.2, 0.25) is 0 Å². The van der Waals surface area contributed by atoms with Gasteiger partial charge in [-0.25, -0.2) is 9.38 Å². The Hall–Kier alpha value is -3.34. The molecule has 33 heavy (non-hydrogen) atoms. The van der Waals surface area contributed by atoms with Gasteiger partial charge in [-0.3, -0.25) is 0 Å². The van der Waals surface area contributed by atoms with E-state index in [4.69, 9.17) is 0 Å². The molecule has 0 amide bonds. The predicted molar refractivity (Wildman–Crippen MR) is 138 cm³/mol. The Morgan fingerprint density at radius 2 is 1.85 bits per heavy atom. The zero-order valence-electron chi connectivity index (χ0n) is 20.3. The van der Waals surface area contributed by atoms with Gasteiger partial charge in [-0.15, -0.1) is 0 Å². The van der Waals surface area contributed by atoms with E-state index in [0.29, 0.717) is 12.4 Å². The van der Waals surface area contributed by atoms with Crippen molar-refractivity contribution in [2.45, 2.75) is 39.7 Å². The van der Waals surface area contributed by atoms with Crippen molar-refractivity contribution in [3.63, 3.8) is 0 Å². The van der Waals surface area contributed by atoms with Crippen molar-refractivity contribution in [1.29, 1.82) is 0 Å². The number of hydrogen-bond acceptors (Lipinski definition) is 4. The lowest BCUT2D eigenvalue weighted by Gasteiger charge is -2.34. The molecule has 0 saturated heterocycles. The van der Waals surface area contributed by atoms with Crippen LogP contribution in [0.3, 0.4) is 0 Å². The van der Waals surface area contributed by atoms with Gasteiger partial charge >= 0.3 is 0 Å². The number of aliphatic imine (C=N–C) groups is 1. The highest BCUT2D eigenvalue weighted by Crippen LogP contribution is 2.24. The summed E-state index contributed by atoms with van der Waals surface area (Å²) >= 11 is 0. The predicted octanol–water partition coefficient (Wildman–Crippen LogP) is 6.03. The highest BCUT2D eigenvalue weighted by atomic mass is 19.1. The van der Waals surface area contributed by atoms with E-state index < -0.39 is 0 Å². The summed E-state index contributed by atoms with van der Waals surface area (Å²) in [5, 5.41) is 3.13. The lowest BCUT2D eigenvalue weighted by molar-refractivity contribution is 0.308. The molecule has 5 heteroatoms. The Labute approximate surface area is 198 Å². The zero-order valence-corrected chi connectivity index (χ0v) is 20.3. The summed E-state index contributed by atoms with van der Waals surface area (Å²) in [5.74, 6) is 0.357. The van der Waals surface area contributed by atoms with Gasteiger partial charge in [0.1, 0.15) is 11.5 Å². The summed E-state index contributed by atoms with van der Waals surface area (Å²) in [6.45, 7) is 18.5. The largest absolute Gasteiger partial charge is 0.373 e. The average Bonchev–Trinajstić information content (AvgIpc) is 2.81.